The molecular weight excluding hydrogens is 394 g/mol. The average molecular weight is 432 g/mol. The van der Waals surface area contributed by atoms with E-state index in [2.05, 4.69) is 17.2 Å². The summed E-state index contributed by atoms with van der Waals surface area (Å²) in [5.74, 6) is -0.656. The van der Waals surface area contributed by atoms with Crippen LogP contribution in [-0.2, 0) is 14.3 Å². The van der Waals surface area contributed by atoms with Crippen molar-refractivity contribution in [1.29, 1.82) is 0 Å². The Hall–Kier alpha value is -2.83. The fourth-order valence-corrected chi connectivity index (χ4v) is 3.06. The second kappa shape index (κ2) is 12.1. The topological polar surface area (TPSA) is 87.7 Å². The lowest BCUT2D eigenvalue weighted by atomic mass is 9.95. The molecule has 0 aliphatic carbocycles. The molecular formula is C24H37N3O4. The first-order chi connectivity index (χ1) is 14.5. The lowest BCUT2D eigenvalue weighted by Crippen LogP contribution is -2.48. The molecule has 3 amide bonds. The van der Waals surface area contributed by atoms with Crippen LogP contribution in [0.2, 0.25) is 0 Å². The summed E-state index contributed by atoms with van der Waals surface area (Å²) in [4.78, 5) is 39.7. The molecule has 1 aromatic rings. The van der Waals surface area contributed by atoms with Crippen LogP contribution in [-0.4, -0.2) is 48.0 Å². The Labute approximate surface area is 186 Å². The first kappa shape index (κ1) is 26.2. The summed E-state index contributed by atoms with van der Waals surface area (Å²) in [6, 6.07) is 4.87. The van der Waals surface area contributed by atoms with Crippen molar-refractivity contribution in [3.63, 3.8) is 0 Å². The number of nitrogens with zero attached hydrogens (tertiary/aromatic N) is 1. The maximum Gasteiger partial charge on any atom is 0.408 e. The summed E-state index contributed by atoms with van der Waals surface area (Å²) in [5.41, 5.74) is 2.05. The third kappa shape index (κ3) is 8.44. The van der Waals surface area contributed by atoms with Gasteiger partial charge in [0.25, 0.3) is 0 Å². The van der Waals surface area contributed by atoms with Gasteiger partial charge in [0.15, 0.2) is 0 Å². The minimum Gasteiger partial charge on any atom is -0.444 e. The quantitative estimate of drug-likeness (QED) is 0.436. The third-order valence-electron chi connectivity index (χ3n) is 4.76. The Morgan fingerprint density at radius 2 is 1.87 bits per heavy atom. The van der Waals surface area contributed by atoms with Gasteiger partial charge in [-0.15, -0.1) is 6.58 Å². The van der Waals surface area contributed by atoms with Gasteiger partial charge in [0.1, 0.15) is 18.2 Å². The Balaban J connectivity index is 3.18. The molecule has 1 rings (SSSR count). The van der Waals surface area contributed by atoms with Crippen molar-refractivity contribution in [2.45, 2.75) is 66.0 Å². The molecule has 0 heterocycles. The van der Waals surface area contributed by atoms with Crippen LogP contribution < -0.4 is 10.6 Å². The van der Waals surface area contributed by atoms with Gasteiger partial charge in [0, 0.05) is 13.1 Å². The summed E-state index contributed by atoms with van der Waals surface area (Å²) >= 11 is 0. The Kier molecular flexibility index (Phi) is 10.3. The number of alkyl carbamates (subject to hydrolysis) is 1. The van der Waals surface area contributed by atoms with E-state index in [0.717, 1.165) is 29.5 Å². The summed E-state index contributed by atoms with van der Waals surface area (Å²) in [6.07, 6.45) is 2.68. The molecule has 0 aromatic heterocycles. The smallest absolute Gasteiger partial charge is 0.408 e. The molecule has 0 radical (unpaired) electrons. The van der Waals surface area contributed by atoms with Crippen LogP contribution in [0.15, 0.2) is 30.9 Å². The number of amides is 3. The van der Waals surface area contributed by atoms with E-state index in [4.69, 9.17) is 4.74 Å². The number of rotatable bonds is 10. The molecule has 2 N–H and O–H groups in total. The summed E-state index contributed by atoms with van der Waals surface area (Å²) in [7, 11) is 0. The van der Waals surface area contributed by atoms with Crippen LogP contribution in [0.5, 0.6) is 0 Å². The van der Waals surface area contributed by atoms with Crippen molar-refractivity contribution in [3.05, 3.63) is 47.5 Å². The van der Waals surface area contributed by atoms with E-state index in [0.29, 0.717) is 6.54 Å². The second-order valence-corrected chi connectivity index (χ2v) is 8.53. The standard InChI is InChI=1S/C24H37N3O4/c1-8-10-14-25-22(29)21(19-13-11-12-17(3)18(19)4)27(15-9-2)20(28)16-26-23(30)31-24(5,6)7/h9,11-13,21H,2,8,10,14-16H2,1,3-7H3,(H,25,29)(H,26,30). The van der Waals surface area contributed by atoms with Gasteiger partial charge in [-0.25, -0.2) is 4.79 Å². The predicted octanol–water partition coefficient (Wildman–Crippen LogP) is 3.80. The van der Waals surface area contributed by atoms with E-state index in [1.54, 1.807) is 26.8 Å². The van der Waals surface area contributed by atoms with E-state index in [-0.39, 0.29) is 19.0 Å². The number of nitrogens with one attached hydrogen (secondary N) is 2. The number of benzene rings is 1. The van der Waals surface area contributed by atoms with E-state index < -0.39 is 23.6 Å². The summed E-state index contributed by atoms with van der Waals surface area (Å²) < 4.78 is 5.20. The maximum absolute atomic E-state index is 13.2. The van der Waals surface area contributed by atoms with E-state index >= 15 is 0 Å². The van der Waals surface area contributed by atoms with Crippen LogP contribution in [0.1, 0.15) is 63.3 Å². The van der Waals surface area contributed by atoms with Gasteiger partial charge in [0.05, 0.1) is 0 Å². The molecule has 0 bridgehead atoms. The number of carbonyl (C=O) groups excluding carboxylic acids is 3. The Morgan fingerprint density at radius 1 is 1.19 bits per heavy atom. The normalized spacial score (nSPS) is 11.9. The van der Waals surface area contributed by atoms with E-state index in [9.17, 15) is 14.4 Å². The SMILES string of the molecule is C=CCN(C(=O)CNC(=O)OC(C)(C)C)C(C(=O)NCCCC)c1cccc(C)c1C. The molecule has 7 nitrogen and oxygen atoms in total. The number of carbonyl (C=O) groups is 3. The van der Waals surface area contributed by atoms with Gasteiger partial charge in [-0.05, 0) is 57.7 Å². The van der Waals surface area contributed by atoms with Crippen LogP contribution in [0.4, 0.5) is 4.79 Å². The van der Waals surface area contributed by atoms with E-state index in [1.807, 2.05) is 39.0 Å². The predicted molar refractivity (Wildman–Crippen MR) is 123 cm³/mol. The van der Waals surface area contributed by atoms with E-state index in [1.165, 1.54) is 4.90 Å². The second-order valence-electron chi connectivity index (χ2n) is 8.53. The van der Waals surface area contributed by atoms with Crippen molar-refractivity contribution < 1.29 is 19.1 Å². The summed E-state index contributed by atoms with van der Waals surface area (Å²) in [6.45, 7) is 15.3. The molecule has 0 aliphatic heterocycles. The average Bonchev–Trinajstić information content (AvgIpc) is 2.67. The fraction of sp³-hybridized carbons (Fsp3) is 0.542. The molecule has 1 aromatic carbocycles. The molecule has 0 aliphatic rings. The molecule has 7 heteroatoms. The van der Waals surface area contributed by atoms with Gasteiger partial charge in [-0.1, -0.05) is 37.6 Å². The molecule has 0 fully saturated rings. The maximum atomic E-state index is 13.2. The van der Waals surface area contributed by atoms with Gasteiger partial charge in [0.2, 0.25) is 11.8 Å². The number of aryl methyl sites for hydroxylation is 1. The highest BCUT2D eigenvalue weighted by Crippen LogP contribution is 2.26. The van der Waals surface area contributed by atoms with Crippen molar-refractivity contribution in [1.82, 2.24) is 15.5 Å². The van der Waals surface area contributed by atoms with Crippen molar-refractivity contribution in [3.8, 4) is 0 Å². The van der Waals surface area contributed by atoms with Gasteiger partial charge in [-0.3, -0.25) is 9.59 Å². The van der Waals surface area contributed by atoms with Crippen LogP contribution in [0.3, 0.4) is 0 Å². The molecule has 1 atom stereocenters. The van der Waals surface area contributed by atoms with Crippen LogP contribution in [0.25, 0.3) is 0 Å². The van der Waals surface area contributed by atoms with Crippen molar-refractivity contribution in [2.24, 2.45) is 0 Å². The molecule has 0 saturated carbocycles. The number of hydrogen-bond acceptors (Lipinski definition) is 4. The zero-order valence-electron chi connectivity index (χ0n) is 19.7. The molecule has 31 heavy (non-hydrogen) atoms. The first-order valence-corrected chi connectivity index (χ1v) is 10.7. The van der Waals surface area contributed by atoms with Crippen molar-refractivity contribution in [2.75, 3.05) is 19.6 Å². The molecule has 0 spiro atoms. The van der Waals surface area contributed by atoms with Gasteiger partial charge < -0.3 is 20.3 Å². The highest BCUT2D eigenvalue weighted by atomic mass is 16.6. The van der Waals surface area contributed by atoms with Crippen molar-refractivity contribution >= 4 is 17.9 Å². The minimum absolute atomic E-state index is 0.161. The van der Waals surface area contributed by atoms with Gasteiger partial charge >= 0.3 is 6.09 Å². The first-order valence-electron chi connectivity index (χ1n) is 10.7. The van der Waals surface area contributed by atoms with Crippen LogP contribution >= 0.6 is 0 Å². The lowest BCUT2D eigenvalue weighted by molar-refractivity contribution is -0.139. The highest BCUT2D eigenvalue weighted by Gasteiger charge is 2.32. The number of unbranched alkanes of at least 4 members (excludes halogenated alkanes) is 1. The highest BCUT2D eigenvalue weighted by molar-refractivity contribution is 5.90. The zero-order valence-corrected chi connectivity index (χ0v) is 19.7. The number of ether oxygens (including phenoxy) is 1. The monoisotopic (exact) mass is 431 g/mol. The molecule has 1 unspecified atom stereocenters. The molecule has 0 saturated heterocycles. The van der Waals surface area contributed by atoms with Crippen LogP contribution in [0, 0.1) is 13.8 Å². The Morgan fingerprint density at radius 3 is 2.45 bits per heavy atom. The zero-order chi connectivity index (χ0) is 23.6. The van der Waals surface area contributed by atoms with Gasteiger partial charge in [-0.2, -0.15) is 0 Å². The minimum atomic E-state index is -0.831. The Bertz CT molecular complexity index is 784. The summed E-state index contributed by atoms with van der Waals surface area (Å²) in [5, 5.41) is 5.42. The molecule has 172 valence electrons. The lowest BCUT2D eigenvalue weighted by Gasteiger charge is -2.32. The number of hydrogen-bond donors (Lipinski definition) is 2. The fourth-order valence-electron chi connectivity index (χ4n) is 3.06. The third-order valence-corrected chi connectivity index (χ3v) is 4.76. The largest absolute Gasteiger partial charge is 0.444 e.